The van der Waals surface area contributed by atoms with Crippen LogP contribution in [-0.4, -0.2) is 24.2 Å². The van der Waals surface area contributed by atoms with Gasteiger partial charge in [-0.25, -0.2) is 4.98 Å². The van der Waals surface area contributed by atoms with E-state index in [1.54, 1.807) is 23.2 Å². The average molecular weight is 375 g/mol. The molecule has 1 aliphatic rings. The van der Waals surface area contributed by atoms with Crippen LogP contribution in [0.2, 0.25) is 0 Å². The van der Waals surface area contributed by atoms with Gasteiger partial charge < -0.3 is 19.7 Å². The van der Waals surface area contributed by atoms with Gasteiger partial charge in [-0.05, 0) is 55.8 Å². The zero-order valence-electron chi connectivity index (χ0n) is 15.8. The SMILES string of the molecule is CCN(C(=O)c1ccc(Nc2ccc3c(c2)OCO3)nc1)c1cccc(C)c1. The summed E-state index contributed by atoms with van der Waals surface area (Å²) in [7, 11) is 0. The minimum Gasteiger partial charge on any atom is -0.454 e. The quantitative estimate of drug-likeness (QED) is 0.710. The molecule has 2 heterocycles. The van der Waals surface area contributed by atoms with Crippen LogP contribution in [-0.2, 0) is 0 Å². The van der Waals surface area contributed by atoms with E-state index in [0.29, 0.717) is 23.7 Å². The molecule has 4 rings (SSSR count). The van der Waals surface area contributed by atoms with Crippen molar-refractivity contribution in [2.24, 2.45) is 0 Å². The molecule has 142 valence electrons. The number of aryl methyl sites for hydroxylation is 1. The van der Waals surface area contributed by atoms with Crippen molar-refractivity contribution in [3.8, 4) is 11.5 Å². The van der Waals surface area contributed by atoms with E-state index in [2.05, 4.69) is 10.3 Å². The molecule has 1 aromatic heterocycles. The Balaban J connectivity index is 1.50. The highest BCUT2D eigenvalue weighted by atomic mass is 16.7. The van der Waals surface area contributed by atoms with Crippen molar-refractivity contribution in [3.05, 3.63) is 71.9 Å². The summed E-state index contributed by atoms with van der Waals surface area (Å²) in [5, 5.41) is 3.21. The highest BCUT2D eigenvalue weighted by molar-refractivity contribution is 6.06. The second-order valence-electron chi connectivity index (χ2n) is 6.51. The van der Waals surface area contributed by atoms with E-state index in [1.165, 1.54) is 0 Å². The van der Waals surface area contributed by atoms with Crippen LogP contribution in [0.4, 0.5) is 17.2 Å². The number of carbonyl (C=O) groups excluding carboxylic acids is 1. The highest BCUT2D eigenvalue weighted by Gasteiger charge is 2.17. The summed E-state index contributed by atoms with van der Waals surface area (Å²) in [6, 6.07) is 17.1. The molecule has 0 unspecified atom stereocenters. The number of rotatable bonds is 5. The molecule has 1 amide bonds. The number of aromatic nitrogens is 1. The van der Waals surface area contributed by atoms with E-state index in [0.717, 1.165) is 22.7 Å². The van der Waals surface area contributed by atoms with Gasteiger partial charge in [-0.1, -0.05) is 12.1 Å². The normalized spacial score (nSPS) is 11.9. The third-order valence-electron chi connectivity index (χ3n) is 4.53. The molecule has 2 aromatic carbocycles. The number of nitrogens with one attached hydrogen (secondary N) is 1. The van der Waals surface area contributed by atoms with Crippen LogP contribution in [0.25, 0.3) is 0 Å². The first-order chi connectivity index (χ1) is 13.6. The van der Waals surface area contributed by atoms with Gasteiger partial charge >= 0.3 is 0 Å². The van der Waals surface area contributed by atoms with E-state index in [-0.39, 0.29) is 12.7 Å². The van der Waals surface area contributed by atoms with E-state index in [9.17, 15) is 4.79 Å². The summed E-state index contributed by atoms with van der Waals surface area (Å²) < 4.78 is 10.7. The molecule has 0 aliphatic carbocycles. The first-order valence-electron chi connectivity index (χ1n) is 9.15. The molecular formula is C22H21N3O3. The fraction of sp³-hybridized carbons (Fsp3) is 0.182. The molecular weight excluding hydrogens is 354 g/mol. The van der Waals surface area contributed by atoms with Crippen molar-refractivity contribution in [2.45, 2.75) is 13.8 Å². The summed E-state index contributed by atoms with van der Waals surface area (Å²) >= 11 is 0. The van der Waals surface area contributed by atoms with E-state index < -0.39 is 0 Å². The van der Waals surface area contributed by atoms with Crippen molar-refractivity contribution in [1.29, 1.82) is 0 Å². The first-order valence-corrected chi connectivity index (χ1v) is 9.15. The van der Waals surface area contributed by atoms with Gasteiger partial charge in [0.2, 0.25) is 6.79 Å². The molecule has 6 heteroatoms. The van der Waals surface area contributed by atoms with Gasteiger partial charge in [-0.2, -0.15) is 0 Å². The Morgan fingerprint density at radius 1 is 1.11 bits per heavy atom. The van der Waals surface area contributed by atoms with Crippen LogP contribution >= 0.6 is 0 Å². The predicted octanol–water partition coefficient (Wildman–Crippen LogP) is 4.53. The van der Waals surface area contributed by atoms with Crippen molar-refractivity contribution < 1.29 is 14.3 Å². The molecule has 0 saturated carbocycles. The van der Waals surface area contributed by atoms with Crippen molar-refractivity contribution >= 4 is 23.1 Å². The zero-order valence-corrected chi connectivity index (χ0v) is 15.8. The average Bonchev–Trinajstić information content (AvgIpc) is 3.17. The van der Waals surface area contributed by atoms with Crippen LogP contribution < -0.4 is 19.7 Å². The molecule has 6 nitrogen and oxygen atoms in total. The van der Waals surface area contributed by atoms with Crippen molar-refractivity contribution in [3.63, 3.8) is 0 Å². The lowest BCUT2D eigenvalue weighted by Gasteiger charge is -2.21. The Labute approximate surface area is 163 Å². The maximum Gasteiger partial charge on any atom is 0.259 e. The van der Waals surface area contributed by atoms with E-state index >= 15 is 0 Å². The van der Waals surface area contributed by atoms with Gasteiger partial charge in [0.25, 0.3) is 5.91 Å². The zero-order chi connectivity index (χ0) is 19.5. The highest BCUT2D eigenvalue weighted by Crippen LogP contribution is 2.34. The molecule has 1 aliphatic heterocycles. The van der Waals surface area contributed by atoms with Gasteiger partial charge in [0.1, 0.15) is 5.82 Å². The minimum atomic E-state index is -0.0739. The molecule has 28 heavy (non-hydrogen) atoms. The molecule has 0 bridgehead atoms. The third-order valence-corrected chi connectivity index (χ3v) is 4.53. The van der Waals surface area contributed by atoms with E-state index in [1.807, 2.05) is 56.3 Å². The molecule has 3 aromatic rings. The largest absolute Gasteiger partial charge is 0.454 e. The Hall–Kier alpha value is -3.54. The Morgan fingerprint density at radius 3 is 2.71 bits per heavy atom. The number of carbonyl (C=O) groups is 1. The van der Waals surface area contributed by atoms with Gasteiger partial charge in [-0.15, -0.1) is 0 Å². The minimum absolute atomic E-state index is 0.0739. The van der Waals surface area contributed by atoms with Crippen LogP contribution in [0, 0.1) is 6.92 Å². The maximum atomic E-state index is 12.9. The monoisotopic (exact) mass is 375 g/mol. The molecule has 0 fully saturated rings. The summed E-state index contributed by atoms with van der Waals surface area (Å²) in [5.41, 5.74) is 3.38. The lowest BCUT2D eigenvalue weighted by Crippen LogP contribution is -2.30. The first kappa shape index (κ1) is 17.9. The summed E-state index contributed by atoms with van der Waals surface area (Å²) in [5.74, 6) is 2.01. The smallest absolute Gasteiger partial charge is 0.259 e. The summed E-state index contributed by atoms with van der Waals surface area (Å²) in [6.07, 6.45) is 1.59. The number of ether oxygens (including phenoxy) is 2. The maximum absolute atomic E-state index is 12.9. The fourth-order valence-corrected chi connectivity index (χ4v) is 3.11. The molecule has 1 N–H and O–H groups in total. The topological polar surface area (TPSA) is 63.7 Å². The Kier molecular flexibility index (Phi) is 4.85. The summed E-state index contributed by atoms with van der Waals surface area (Å²) in [6.45, 7) is 4.80. The number of nitrogens with zero attached hydrogens (tertiary/aromatic N) is 2. The third kappa shape index (κ3) is 3.62. The number of hydrogen-bond donors (Lipinski definition) is 1. The molecule has 0 saturated heterocycles. The Bertz CT molecular complexity index is 1000. The molecule has 0 atom stereocenters. The van der Waals surface area contributed by atoms with Crippen molar-refractivity contribution in [2.75, 3.05) is 23.6 Å². The number of amides is 1. The van der Waals surface area contributed by atoms with Crippen LogP contribution in [0.5, 0.6) is 11.5 Å². The fourth-order valence-electron chi connectivity index (χ4n) is 3.11. The van der Waals surface area contributed by atoms with Gasteiger partial charge in [-0.3, -0.25) is 4.79 Å². The standard InChI is InChI=1S/C22H21N3O3/c1-3-25(18-6-4-5-15(2)11-18)22(26)16-7-10-21(23-13-16)24-17-8-9-19-20(12-17)28-14-27-19/h4-13H,3,14H2,1-2H3,(H,23,24). The predicted molar refractivity (Wildman–Crippen MR) is 109 cm³/mol. The number of pyridine rings is 1. The lowest BCUT2D eigenvalue weighted by atomic mass is 10.1. The molecule has 0 spiro atoms. The van der Waals surface area contributed by atoms with Gasteiger partial charge in [0, 0.05) is 30.2 Å². The van der Waals surface area contributed by atoms with Crippen LogP contribution in [0.15, 0.2) is 60.8 Å². The van der Waals surface area contributed by atoms with Gasteiger partial charge in [0.05, 0.1) is 5.56 Å². The number of benzene rings is 2. The van der Waals surface area contributed by atoms with Crippen LogP contribution in [0.3, 0.4) is 0 Å². The van der Waals surface area contributed by atoms with E-state index in [4.69, 9.17) is 9.47 Å². The van der Waals surface area contributed by atoms with Crippen LogP contribution in [0.1, 0.15) is 22.8 Å². The second-order valence-corrected chi connectivity index (χ2v) is 6.51. The number of anilines is 3. The van der Waals surface area contributed by atoms with Gasteiger partial charge in [0.15, 0.2) is 11.5 Å². The summed E-state index contributed by atoms with van der Waals surface area (Å²) in [4.78, 5) is 19.1. The number of fused-ring (bicyclic) bond motifs is 1. The second kappa shape index (κ2) is 7.60. The Morgan fingerprint density at radius 2 is 1.96 bits per heavy atom. The van der Waals surface area contributed by atoms with Crippen molar-refractivity contribution in [1.82, 2.24) is 4.98 Å². The molecule has 0 radical (unpaired) electrons. The lowest BCUT2D eigenvalue weighted by molar-refractivity contribution is 0.0988. The number of hydrogen-bond acceptors (Lipinski definition) is 5.